The van der Waals surface area contributed by atoms with Crippen molar-refractivity contribution < 1.29 is 46.3 Å². The second-order valence-electron chi connectivity index (χ2n) is 4.18. The summed E-state index contributed by atoms with van der Waals surface area (Å²) in [6, 6.07) is 5.26. The lowest BCUT2D eigenvalue weighted by atomic mass is 10.1. The predicted octanol–water partition coefficient (Wildman–Crippen LogP) is 1.44. The van der Waals surface area contributed by atoms with Crippen molar-refractivity contribution in [1.29, 1.82) is 0 Å². The molecule has 0 aliphatic heterocycles. The van der Waals surface area contributed by atoms with Gasteiger partial charge in [-0.25, -0.2) is 13.8 Å². The first-order valence-corrected chi connectivity index (χ1v) is 7.34. The molecule has 7 nitrogen and oxygen atoms in total. The highest BCUT2D eigenvalue weighted by molar-refractivity contribution is 7.46. The summed E-state index contributed by atoms with van der Waals surface area (Å²) in [6.07, 6.45) is -4.79. The van der Waals surface area contributed by atoms with Crippen molar-refractivity contribution >= 4 is 13.8 Å². The summed E-state index contributed by atoms with van der Waals surface area (Å²) in [5, 5.41) is 7.12. The molecule has 0 bridgehead atoms. The van der Waals surface area contributed by atoms with Crippen LogP contribution in [0.25, 0.3) is 0 Å². The van der Waals surface area contributed by atoms with E-state index < -0.39 is 26.0 Å². The first kappa shape index (κ1) is 21.5. The number of aliphatic carboxylic acids is 1. The Bertz CT molecular complexity index is 562. The van der Waals surface area contributed by atoms with E-state index >= 15 is 0 Å². The monoisotopic (exact) mass is 363 g/mol. The van der Waals surface area contributed by atoms with Crippen molar-refractivity contribution in [2.75, 3.05) is 6.61 Å². The maximum Gasteiger partial charge on any atom is 0.490 e. The minimum Gasteiger partial charge on any atom is -0.475 e. The normalized spacial score (nSPS) is 13.0. The van der Waals surface area contributed by atoms with Crippen LogP contribution in [0.1, 0.15) is 5.56 Å². The van der Waals surface area contributed by atoms with Crippen LogP contribution in [0.4, 0.5) is 17.6 Å². The third-order valence-corrected chi connectivity index (χ3v) is 2.57. The molecule has 0 fully saturated rings. The largest absolute Gasteiger partial charge is 0.490 e. The van der Waals surface area contributed by atoms with Gasteiger partial charge in [0, 0.05) is 6.04 Å². The van der Waals surface area contributed by atoms with Gasteiger partial charge in [-0.1, -0.05) is 12.1 Å². The molecule has 1 rings (SSSR count). The molecular formula is C11H14F4NO6P. The lowest BCUT2D eigenvalue weighted by Gasteiger charge is -2.12. The molecule has 0 aromatic heterocycles. The third-order valence-electron chi connectivity index (χ3n) is 2.09. The molecule has 0 aliphatic carbocycles. The van der Waals surface area contributed by atoms with Crippen LogP contribution in [0.2, 0.25) is 0 Å². The van der Waals surface area contributed by atoms with Gasteiger partial charge in [0.25, 0.3) is 0 Å². The van der Waals surface area contributed by atoms with Gasteiger partial charge >= 0.3 is 20.0 Å². The van der Waals surface area contributed by atoms with E-state index in [4.69, 9.17) is 25.4 Å². The zero-order chi connectivity index (χ0) is 18.3. The summed E-state index contributed by atoms with van der Waals surface area (Å²) in [7, 11) is -4.49. The molecule has 12 heteroatoms. The Hall–Kier alpha value is -1.52. The second kappa shape index (κ2) is 8.94. The van der Waals surface area contributed by atoms with Crippen LogP contribution in [0.3, 0.4) is 0 Å². The minimum absolute atomic E-state index is 0.277. The molecule has 0 saturated carbocycles. The van der Waals surface area contributed by atoms with E-state index in [-0.39, 0.29) is 18.8 Å². The van der Waals surface area contributed by atoms with E-state index in [0.717, 1.165) is 0 Å². The van der Waals surface area contributed by atoms with Crippen molar-refractivity contribution in [3.63, 3.8) is 0 Å². The molecule has 23 heavy (non-hydrogen) atoms. The molecular weight excluding hydrogens is 349 g/mol. The van der Waals surface area contributed by atoms with Crippen LogP contribution in [0.15, 0.2) is 24.3 Å². The molecule has 1 atom stereocenters. The Morgan fingerprint density at radius 1 is 1.35 bits per heavy atom. The fraction of sp³-hybridized carbons (Fsp3) is 0.364. The molecule has 5 N–H and O–H groups in total. The number of carboxylic acids is 1. The number of carboxylic acid groups (broad SMARTS) is 1. The molecule has 0 amide bonds. The number of hydrogen-bond acceptors (Lipinski definition) is 4. The number of carbonyl (C=O) groups is 1. The summed E-state index contributed by atoms with van der Waals surface area (Å²) in [4.78, 5) is 25.8. The van der Waals surface area contributed by atoms with E-state index in [0.29, 0.717) is 5.56 Å². The highest BCUT2D eigenvalue weighted by Crippen LogP contribution is 2.35. The average Bonchev–Trinajstić information content (AvgIpc) is 2.35. The minimum atomic E-state index is -5.08. The van der Waals surface area contributed by atoms with Crippen LogP contribution in [0, 0.1) is 5.82 Å². The molecule has 132 valence electrons. The van der Waals surface area contributed by atoms with Crippen LogP contribution in [-0.2, 0) is 20.3 Å². The number of phosphoric acid groups is 1. The third kappa shape index (κ3) is 11.7. The molecule has 0 unspecified atom stereocenters. The lowest BCUT2D eigenvalue weighted by molar-refractivity contribution is -0.192. The van der Waals surface area contributed by atoms with E-state index in [1.807, 2.05) is 0 Å². The van der Waals surface area contributed by atoms with Crippen LogP contribution in [0.5, 0.6) is 0 Å². The van der Waals surface area contributed by atoms with Crippen molar-refractivity contribution in [2.24, 2.45) is 5.73 Å². The molecule has 0 saturated heterocycles. The molecule has 0 spiro atoms. The summed E-state index contributed by atoms with van der Waals surface area (Å²) >= 11 is 0. The summed E-state index contributed by atoms with van der Waals surface area (Å²) in [5.41, 5.74) is 6.23. The summed E-state index contributed by atoms with van der Waals surface area (Å²) < 4.78 is 59.2. The van der Waals surface area contributed by atoms with Gasteiger partial charge in [0.1, 0.15) is 5.82 Å². The standard InChI is InChI=1S/C9H13FNO4P.C2HF3O2/c10-8-3-1-2-7(4-8)5-9(11)6-15-16(12,13)14;3-2(4,5)1(6)7/h1-4,9H,5-6,11H2,(H2,12,13,14);(H,6,7)/t9-;/m1./s1. The topological polar surface area (TPSA) is 130 Å². The first-order chi connectivity index (χ1) is 10.3. The number of phosphoric ester groups is 1. The molecule has 1 aromatic rings. The van der Waals surface area contributed by atoms with Crippen LogP contribution < -0.4 is 5.73 Å². The van der Waals surface area contributed by atoms with E-state index in [1.165, 1.54) is 12.1 Å². The summed E-state index contributed by atoms with van der Waals surface area (Å²) in [5.74, 6) is -3.13. The van der Waals surface area contributed by atoms with Gasteiger partial charge in [-0.05, 0) is 24.1 Å². The molecule has 0 radical (unpaired) electrons. The highest BCUT2D eigenvalue weighted by Gasteiger charge is 2.38. The molecule has 0 heterocycles. The van der Waals surface area contributed by atoms with Gasteiger partial charge < -0.3 is 20.6 Å². The van der Waals surface area contributed by atoms with Gasteiger partial charge in [0.05, 0.1) is 6.61 Å². The zero-order valence-corrected chi connectivity index (χ0v) is 12.3. The highest BCUT2D eigenvalue weighted by atomic mass is 31.2. The maximum atomic E-state index is 12.8. The Morgan fingerprint density at radius 3 is 2.26 bits per heavy atom. The lowest BCUT2D eigenvalue weighted by Crippen LogP contribution is -2.28. The molecule has 1 aromatic carbocycles. The number of nitrogens with two attached hydrogens (primary N) is 1. The fourth-order valence-corrected chi connectivity index (χ4v) is 1.60. The van der Waals surface area contributed by atoms with Gasteiger partial charge in [0.15, 0.2) is 0 Å². The zero-order valence-electron chi connectivity index (χ0n) is 11.4. The smallest absolute Gasteiger partial charge is 0.475 e. The maximum absolute atomic E-state index is 12.8. The quantitative estimate of drug-likeness (QED) is 0.460. The van der Waals surface area contributed by atoms with Gasteiger partial charge in [-0.3, -0.25) is 4.52 Å². The predicted molar refractivity (Wildman–Crippen MR) is 69.8 cm³/mol. The average molecular weight is 363 g/mol. The van der Waals surface area contributed by atoms with E-state index in [9.17, 15) is 22.1 Å². The first-order valence-electron chi connectivity index (χ1n) is 5.81. The number of rotatable bonds is 5. The van der Waals surface area contributed by atoms with Gasteiger partial charge in [-0.15, -0.1) is 0 Å². The van der Waals surface area contributed by atoms with Crippen molar-refractivity contribution in [3.8, 4) is 0 Å². The van der Waals surface area contributed by atoms with Crippen LogP contribution in [-0.4, -0.2) is 39.7 Å². The Labute approximate surface area is 127 Å². The van der Waals surface area contributed by atoms with E-state index in [1.54, 1.807) is 12.1 Å². The van der Waals surface area contributed by atoms with Crippen molar-refractivity contribution in [1.82, 2.24) is 0 Å². The Morgan fingerprint density at radius 2 is 1.87 bits per heavy atom. The number of hydrogen-bond donors (Lipinski definition) is 4. The Balaban J connectivity index is 0.000000585. The van der Waals surface area contributed by atoms with Crippen molar-refractivity contribution in [3.05, 3.63) is 35.6 Å². The second-order valence-corrected chi connectivity index (χ2v) is 5.42. The summed E-state index contributed by atoms with van der Waals surface area (Å²) in [6.45, 7) is -0.277. The van der Waals surface area contributed by atoms with Gasteiger partial charge in [0.2, 0.25) is 0 Å². The number of alkyl halides is 3. The Kier molecular flexibility index (Phi) is 8.35. The van der Waals surface area contributed by atoms with Gasteiger partial charge in [-0.2, -0.15) is 13.2 Å². The van der Waals surface area contributed by atoms with E-state index in [2.05, 4.69) is 4.52 Å². The molecule has 0 aliphatic rings. The number of halogens is 4. The SMILES string of the molecule is N[C@@H](COP(=O)(O)O)Cc1cccc(F)c1.O=C(O)C(F)(F)F. The fourth-order valence-electron chi connectivity index (χ4n) is 1.22. The van der Waals surface area contributed by atoms with Crippen LogP contribution >= 0.6 is 7.82 Å². The number of benzene rings is 1. The van der Waals surface area contributed by atoms with Crippen molar-refractivity contribution in [2.45, 2.75) is 18.6 Å².